The van der Waals surface area contributed by atoms with Crippen LogP contribution in [-0.4, -0.2) is 36.6 Å². The van der Waals surface area contributed by atoms with Gasteiger partial charge in [0, 0.05) is 26.4 Å². The molecule has 0 spiro atoms. The summed E-state index contributed by atoms with van der Waals surface area (Å²) in [6.45, 7) is 7.16. The van der Waals surface area contributed by atoms with Crippen molar-refractivity contribution in [3.8, 4) is 0 Å². The molecule has 1 aromatic heterocycles. The van der Waals surface area contributed by atoms with Crippen LogP contribution in [-0.2, 0) is 24.6 Å². The van der Waals surface area contributed by atoms with Gasteiger partial charge in [0.1, 0.15) is 0 Å². The summed E-state index contributed by atoms with van der Waals surface area (Å²) in [5.74, 6) is 0.668. The van der Waals surface area contributed by atoms with E-state index < -0.39 is 0 Å². The molecule has 1 atom stereocenters. The Labute approximate surface area is 111 Å². The molecule has 1 N–H and O–H groups in total. The second-order valence-electron chi connectivity index (χ2n) is 4.78. The summed E-state index contributed by atoms with van der Waals surface area (Å²) >= 11 is 0. The summed E-state index contributed by atoms with van der Waals surface area (Å²) in [6, 6.07) is 2.23. The normalized spacial score (nSPS) is 12.9. The second-order valence-corrected chi connectivity index (χ2v) is 4.78. The van der Waals surface area contributed by atoms with Crippen LogP contribution in [0.15, 0.2) is 6.07 Å². The third kappa shape index (κ3) is 4.78. The van der Waals surface area contributed by atoms with E-state index in [1.54, 1.807) is 7.11 Å². The molecule has 0 saturated carbocycles. The molecule has 1 rings (SSSR count). The van der Waals surface area contributed by atoms with Crippen LogP contribution < -0.4 is 5.32 Å². The van der Waals surface area contributed by atoms with Gasteiger partial charge in [0.15, 0.2) is 0 Å². The van der Waals surface area contributed by atoms with Gasteiger partial charge in [0.05, 0.1) is 12.3 Å². The highest BCUT2D eigenvalue weighted by Crippen LogP contribution is 2.13. The molecule has 0 saturated heterocycles. The summed E-state index contributed by atoms with van der Waals surface area (Å²) < 4.78 is 7.06. The van der Waals surface area contributed by atoms with E-state index in [0.29, 0.717) is 5.92 Å². The molecule has 1 heterocycles. The Morgan fingerprint density at radius 2 is 2.22 bits per heavy atom. The van der Waals surface area contributed by atoms with Gasteiger partial charge < -0.3 is 10.1 Å². The summed E-state index contributed by atoms with van der Waals surface area (Å²) in [6.07, 6.45) is 3.29. The lowest BCUT2D eigenvalue weighted by Gasteiger charge is -2.15. The molecular formula is C14H27N3O. The first-order valence-corrected chi connectivity index (χ1v) is 6.92. The van der Waals surface area contributed by atoms with Crippen molar-refractivity contribution < 1.29 is 4.74 Å². The molecule has 0 aromatic carbocycles. The van der Waals surface area contributed by atoms with Gasteiger partial charge in [-0.2, -0.15) is 5.10 Å². The van der Waals surface area contributed by atoms with E-state index in [1.807, 2.05) is 11.7 Å². The van der Waals surface area contributed by atoms with Crippen LogP contribution in [0.3, 0.4) is 0 Å². The fourth-order valence-electron chi connectivity index (χ4n) is 2.07. The van der Waals surface area contributed by atoms with Crippen molar-refractivity contribution in [3.63, 3.8) is 0 Å². The van der Waals surface area contributed by atoms with Gasteiger partial charge in [-0.3, -0.25) is 4.68 Å². The summed E-state index contributed by atoms with van der Waals surface area (Å²) in [4.78, 5) is 0. The molecule has 0 fully saturated rings. The zero-order chi connectivity index (χ0) is 13.4. The standard InChI is InChI=1S/C14H27N3O/c1-5-12(11-15-7-8-18-4)9-14-10-13(6-2)16-17(14)3/h10,12,15H,5-9,11H2,1-4H3. The molecule has 104 valence electrons. The minimum Gasteiger partial charge on any atom is -0.383 e. The Hall–Kier alpha value is -0.870. The van der Waals surface area contributed by atoms with E-state index in [9.17, 15) is 0 Å². The summed E-state index contributed by atoms with van der Waals surface area (Å²) in [7, 11) is 3.78. The van der Waals surface area contributed by atoms with E-state index in [2.05, 4.69) is 30.3 Å². The lowest BCUT2D eigenvalue weighted by Crippen LogP contribution is -2.27. The van der Waals surface area contributed by atoms with Crippen molar-refractivity contribution in [2.45, 2.75) is 33.1 Å². The Balaban J connectivity index is 2.43. The Kier molecular flexibility index (Phi) is 6.98. The minimum absolute atomic E-state index is 0.668. The zero-order valence-electron chi connectivity index (χ0n) is 12.2. The molecule has 18 heavy (non-hydrogen) atoms. The molecule has 0 aliphatic carbocycles. The van der Waals surface area contributed by atoms with Crippen molar-refractivity contribution in [1.82, 2.24) is 15.1 Å². The van der Waals surface area contributed by atoms with Gasteiger partial charge in [0.2, 0.25) is 0 Å². The third-order valence-corrected chi connectivity index (χ3v) is 3.38. The van der Waals surface area contributed by atoms with Crippen LogP contribution in [0, 0.1) is 5.92 Å². The quantitative estimate of drug-likeness (QED) is 0.682. The summed E-state index contributed by atoms with van der Waals surface area (Å²) in [5, 5.41) is 7.95. The largest absolute Gasteiger partial charge is 0.383 e. The SMILES string of the molecule is CCc1cc(CC(CC)CNCCOC)n(C)n1. The van der Waals surface area contributed by atoms with Crippen LogP contribution in [0.25, 0.3) is 0 Å². The number of aryl methyl sites for hydroxylation is 2. The number of ether oxygens (including phenoxy) is 1. The van der Waals surface area contributed by atoms with E-state index in [0.717, 1.165) is 32.5 Å². The number of methoxy groups -OCH3 is 1. The van der Waals surface area contributed by atoms with Crippen molar-refractivity contribution in [2.75, 3.05) is 26.8 Å². The maximum atomic E-state index is 5.04. The van der Waals surface area contributed by atoms with Crippen LogP contribution in [0.4, 0.5) is 0 Å². The van der Waals surface area contributed by atoms with Crippen molar-refractivity contribution in [3.05, 3.63) is 17.5 Å². The first kappa shape index (κ1) is 15.2. The number of nitrogens with zero attached hydrogens (tertiary/aromatic N) is 2. The number of rotatable bonds is 9. The van der Waals surface area contributed by atoms with Crippen LogP contribution in [0.1, 0.15) is 31.7 Å². The fraction of sp³-hybridized carbons (Fsp3) is 0.786. The van der Waals surface area contributed by atoms with Crippen LogP contribution >= 0.6 is 0 Å². The first-order chi connectivity index (χ1) is 8.71. The minimum atomic E-state index is 0.668. The molecule has 4 heteroatoms. The van der Waals surface area contributed by atoms with E-state index >= 15 is 0 Å². The van der Waals surface area contributed by atoms with Gasteiger partial charge in [-0.05, 0) is 31.4 Å². The fourth-order valence-corrected chi connectivity index (χ4v) is 2.07. The molecule has 1 unspecified atom stereocenters. The Morgan fingerprint density at radius 1 is 1.44 bits per heavy atom. The van der Waals surface area contributed by atoms with E-state index in [-0.39, 0.29) is 0 Å². The maximum Gasteiger partial charge on any atom is 0.0624 e. The second kappa shape index (κ2) is 8.27. The third-order valence-electron chi connectivity index (χ3n) is 3.38. The molecular weight excluding hydrogens is 226 g/mol. The lowest BCUT2D eigenvalue weighted by atomic mass is 10.00. The average molecular weight is 253 g/mol. The van der Waals surface area contributed by atoms with Gasteiger partial charge in [-0.25, -0.2) is 0 Å². The van der Waals surface area contributed by atoms with Gasteiger partial charge in [-0.15, -0.1) is 0 Å². The highest BCUT2D eigenvalue weighted by atomic mass is 16.5. The molecule has 0 aliphatic rings. The highest BCUT2D eigenvalue weighted by Gasteiger charge is 2.11. The van der Waals surface area contributed by atoms with Crippen molar-refractivity contribution >= 4 is 0 Å². The molecule has 4 nitrogen and oxygen atoms in total. The van der Waals surface area contributed by atoms with Crippen LogP contribution in [0.5, 0.6) is 0 Å². The highest BCUT2D eigenvalue weighted by molar-refractivity contribution is 5.10. The number of nitrogens with one attached hydrogen (secondary N) is 1. The van der Waals surface area contributed by atoms with Crippen LogP contribution in [0.2, 0.25) is 0 Å². The first-order valence-electron chi connectivity index (χ1n) is 6.92. The van der Waals surface area contributed by atoms with Gasteiger partial charge in [0.25, 0.3) is 0 Å². The zero-order valence-corrected chi connectivity index (χ0v) is 12.2. The maximum absolute atomic E-state index is 5.04. The van der Waals surface area contributed by atoms with Gasteiger partial charge >= 0.3 is 0 Å². The van der Waals surface area contributed by atoms with Crippen molar-refractivity contribution in [1.29, 1.82) is 0 Å². The Morgan fingerprint density at radius 3 is 2.78 bits per heavy atom. The molecule has 0 bridgehead atoms. The number of hydrogen-bond acceptors (Lipinski definition) is 3. The molecule has 0 amide bonds. The molecule has 0 radical (unpaired) electrons. The number of aromatic nitrogens is 2. The molecule has 1 aromatic rings. The Bertz CT molecular complexity index is 336. The van der Waals surface area contributed by atoms with E-state index in [1.165, 1.54) is 17.8 Å². The lowest BCUT2D eigenvalue weighted by molar-refractivity contribution is 0.197. The topological polar surface area (TPSA) is 39.1 Å². The predicted molar refractivity (Wildman–Crippen MR) is 74.8 cm³/mol. The predicted octanol–water partition coefficient (Wildman–Crippen LogP) is 1.79. The smallest absolute Gasteiger partial charge is 0.0624 e. The van der Waals surface area contributed by atoms with Gasteiger partial charge in [-0.1, -0.05) is 20.3 Å². The average Bonchev–Trinajstić information content (AvgIpc) is 2.74. The van der Waals surface area contributed by atoms with Crippen molar-refractivity contribution in [2.24, 2.45) is 13.0 Å². The van der Waals surface area contributed by atoms with E-state index in [4.69, 9.17) is 4.74 Å². The molecule has 0 aliphatic heterocycles. The monoisotopic (exact) mass is 253 g/mol. The number of hydrogen-bond donors (Lipinski definition) is 1. The summed E-state index contributed by atoms with van der Waals surface area (Å²) in [5.41, 5.74) is 2.53.